The molecule has 0 spiro atoms. The van der Waals surface area contributed by atoms with Gasteiger partial charge < -0.3 is 5.73 Å². The summed E-state index contributed by atoms with van der Waals surface area (Å²) in [6.45, 7) is 4.46. The zero-order chi connectivity index (χ0) is 15.1. The van der Waals surface area contributed by atoms with Gasteiger partial charge in [0.2, 0.25) is 0 Å². The zero-order valence-electron chi connectivity index (χ0n) is 13.0. The summed E-state index contributed by atoms with van der Waals surface area (Å²) < 4.78 is 1.12. The Bertz CT molecular complexity index is 400. The molecule has 0 radical (unpaired) electrons. The lowest BCUT2D eigenvalue weighted by molar-refractivity contribution is 0.155. The van der Waals surface area contributed by atoms with Gasteiger partial charge in [-0.05, 0) is 56.5 Å². The number of halogens is 1. The van der Waals surface area contributed by atoms with E-state index in [1.165, 1.54) is 17.7 Å². The van der Waals surface area contributed by atoms with Crippen LogP contribution >= 0.6 is 27.7 Å². The summed E-state index contributed by atoms with van der Waals surface area (Å²) in [4.78, 5) is 2.44. The first-order valence-electron chi connectivity index (χ1n) is 7.23. The molecule has 0 saturated carbocycles. The van der Waals surface area contributed by atoms with Gasteiger partial charge in [0.25, 0.3) is 0 Å². The van der Waals surface area contributed by atoms with E-state index in [1.54, 1.807) is 0 Å². The van der Waals surface area contributed by atoms with Crippen LogP contribution in [0, 0.1) is 0 Å². The van der Waals surface area contributed by atoms with Crippen molar-refractivity contribution in [3.8, 4) is 0 Å². The maximum absolute atomic E-state index is 6.40. The molecular formula is C16H27BrN2S. The largest absolute Gasteiger partial charge is 0.326 e. The van der Waals surface area contributed by atoms with Crippen LogP contribution in [0.2, 0.25) is 0 Å². The molecule has 2 nitrogen and oxygen atoms in total. The molecule has 0 saturated heterocycles. The van der Waals surface area contributed by atoms with Gasteiger partial charge >= 0.3 is 0 Å². The van der Waals surface area contributed by atoms with Crippen molar-refractivity contribution in [2.24, 2.45) is 5.73 Å². The van der Waals surface area contributed by atoms with Gasteiger partial charge in [0.05, 0.1) is 0 Å². The Labute approximate surface area is 136 Å². The Hall–Kier alpha value is -0.0300. The van der Waals surface area contributed by atoms with E-state index in [-0.39, 0.29) is 12.1 Å². The number of thioether (sulfide) groups is 1. The Balaban J connectivity index is 2.94. The van der Waals surface area contributed by atoms with Crippen LogP contribution in [0.3, 0.4) is 0 Å². The van der Waals surface area contributed by atoms with Crippen LogP contribution in [0.4, 0.5) is 0 Å². The third kappa shape index (κ3) is 5.06. The van der Waals surface area contributed by atoms with Crippen LogP contribution in [0.15, 0.2) is 28.7 Å². The second-order valence-corrected chi connectivity index (χ2v) is 7.27. The van der Waals surface area contributed by atoms with Crippen molar-refractivity contribution in [2.45, 2.75) is 44.8 Å². The Kier molecular flexibility index (Phi) is 8.18. The lowest BCUT2D eigenvalue weighted by Gasteiger charge is -2.37. The number of nitrogens with two attached hydrogens (primary N) is 1. The highest BCUT2D eigenvalue weighted by molar-refractivity contribution is 9.10. The lowest BCUT2D eigenvalue weighted by atomic mass is 9.95. The fourth-order valence-corrected chi connectivity index (χ4v) is 3.46. The molecule has 4 heteroatoms. The predicted octanol–water partition coefficient (Wildman–Crippen LogP) is 4.30. The van der Waals surface area contributed by atoms with Crippen molar-refractivity contribution in [3.63, 3.8) is 0 Å². The zero-order valence-corrected chi connectivity index (χ0v) is 15.4. The maximum atomic E-state index is 6.40. The Morgan fingerprint density at radius 3 is 2.65 bits per heavy atom. The van der Waals surface area contributed by atoms with Gasteiger partial charge in [-0.15, -0.1) is 0 Å². The van der Waals surface area contributed by atoms with Crippen LogP contribution in [-0.4, -0.2) is 36.0 Å². The number of benzene rings is 1. The minimum atomic E-state index is 0.158. The Morgan fingerprint density at radius 2 is 2.10 bits per heavy atom. The molecule has 1 aromatic carbocycles. The topological polar surface area (TPSA) is 29.3 Å². The van der Waals surface area contributed by atoms with E-state index in [9.17, 15) is 0 Å². The van der Waals surface area contributed by atoms with Crippen molar-refractivity contribution >= 4 is 27.7 Å². The van der Waals surface area contributed by atoms with Crippen molar-refractivity contribution in [3.05, 3.63) is 34.3 Å². The fraction of sp³-hybridized carbons (Fsp3) is 0.625. The molecule has 0 aliphatic rings. The molecule has 0 heterocycles. The summed E-state index contributed by atoms with van der Waals surface area (Å²) in [5.74, 6) is 1.19. The number of likely N-dealkylation sites (N-methyl/N-ethyl adjacent to an activating group) is 1. The molecule has 0 aliphatic heterocycles. The van der Waals surface area contributed by atoms with Crippen molar-refractivity contribution in [1.29, 1.82) is 0 Å². The molecule has 1 aromatic rings. The highest BCUT2D eigenvalue weighted by Crippen LogP contribution is 2.28. The number of nitrogens with zero attached hydrogens (tertiary/aromatic N) is 1. The van der Waals surface area contributed by atoms with Gasteiger partial charge in [-0.2, -0.15) is 11.8 Å². The molecule has 114 valence electrons. The van der Waals surface area contributed by atoms with Gasteiger partial charge in [-0.25, -0.2) is 0 Å². The standard InChI is InChI=1S/C16H27BrN2S/c1-5-15(18)16(13-7-6-8-14(17)11-13)19(3)12(2)9-10-20-4/h6-8,11-12,15-16H,5,9-10,18H2,1-4H3. The maximum Gasteiger partial charge on any atom is 0.0499 e. The van der Waals surface area contributed by atoms with E-state index >= 15 is 0 Å². The monoisotopic (exact) mass is 358 g/mol. The van der Waals surface area contributed by atoms with Gasteiger partial charge in [0.15, 0.2) is 0 Å². The summed E-state index contributed by atoms with van der Waals surface area (Å²) in [6, 6.07) is 9.50. The van der Waals surface area contributed by atoms with E-state index in [0.29, 0.717) is 6.04 Å². The van der Waals surface area contributed by atoms with Crippen molar-refractivity contribution in [2.75, 3.05) is 19.1 Å². The van der Waals surface area contributed by atoms with E-state index in [4.69, 9.17) is 5.73 Å². The number of rotatable bonds is 8. The normalized spacial score (nSPS) is 16.1. The highest BCUT2D eigenvalue weighted by atomic mass is 79.9. The third-order valence-electron chi connectivity index (χ3n) is 3.94. The summed E-state index contributed by atoms with van der Waals surface area (Å²) in [5, 5.41) is 0. The average molecular weight is 359 g/mol. The van der Waals surface area contributed by atoms with E-state index in [0.717, 1.165) is 10.9 Å². The van der Waals surface area contributed by atoms with Gasteiger partial charge in [0.1, 0.15) is 0 Å². The second-order valence-electron chi connectivity index (χ2n) is 5.37. The lowest BCUT2D eigenvalue weighted by Crippen LogP contribution is -2.43. The molecule has 0 aromatic heterocycles. The van der Waals surface area contributed by atoms with Crippen molar-refractivity contribution in [1.82, 2.24) is 4.90 Å². The number of hydrogen-bond acceptors (Lipinski definition) is 3. The van der Waals surface area contributed by atoms with Gasteiger partial charge in [0, 0.05) is 22.6 Å². The second kappa shape index (κ2) is 9.08. The smallest absolute Gasteiger partial charge is 0.0499 e. The molecule has 0 aliphatic carbocycles. The average Bonchev–Trinajstić information content (AvgIpc) is 2.44. The molecule has 1 rings (SSSR count). The minimum Gasteiger partial charge on any atom is -0.326 e. The van der Waals surface area contributed by atoms with Crippen LogP contribution < -0.4 is 5.73 Å². The molecule has 3 atom stereocenters. The van der Waals surface area contributed by atoms with Gasteiger partial charge in [-0.3, -0.25) is 4.90 Å². The summed E-state index contributed by atoms with van der Waals surface area (Å²) in [6.07, 6.45) is 4.34. The van der Waals surface area contributed by atoms with Crippen LogP contribution in [-0.2, 0) is 0 Å². The van der Waals surface area contributed by atoms with Crippen molar-refractivity contribution < 1.29 is 0 Å². The minimum absolute atomic E-state index is 0.158. The first kappa shape index (κ1) is 18.0. The molecular weight excluding hydrogens is 332 g/mol. The summed E-state index contributed by atoms with van der Waals surface area (Å²) >= 11 is 5.47. The third-order valence-corrected chi connectivity index (χ3v) is 5.08. The summed E-state index contributed by atoms with van der Waals surface area (Å²) in [7, 11) is 2.20. The fourth-order valence-electron chi connectivity index (χ4n) is 2.46. The first-order chi connectivity index (χ1) is 9.51. The molecule has 20 heavy (non-hydrogen) atoms. The molecule has 2 N–H and O–H groups in total. The van der Waals surface area contributed by atoms with Gasteiger partial charge in [-0.1, -0.05) is 35.0 Å². The molecule has 0 amide bonds. The molecule has 3 unspecified atom stereocenters. The Morgan fingerprint density at radius 1 is 1.40 bits per heavy atom. The van der Waals surface area contributed by atoms with E-state index < -0.39 is 0 Å². The van der Waals surface area contributed by atoms with Crippen LogP contribution in [0.1, 0.15) is 38.3 Å². The van der Waals surface area contributed by atoms with Crippen LogP contribution in [0.25, 0.3) is 0 Å². The molecule has 0 bridgehead atoms. The summed E-state index contributed by atoms with van der Waals surface area (Å²) in [5.41, 5.74) is 7.70. The van der Waals surface area contributed by atoms with E-state index in [2.05, 4.69) is 72.2 Å². The number of hydrogen-bond donors (Lipinski definition) is 1. The van der Waals surface area contributed by atoms with E-state index in [1.807, 2.05) is 11.8 Å². The van der Waals surface area contributed by atoms with Crippen LogP contribution in [0.5, 0.6) is 0 Å². The highest BCUT2D eigenvalue weighted by Gasteiger charge is 2.26. The predicted molar refractivity (Wildman–Crippen MR) is 95.4 cm³/mol. The molecule has 0 fully saturated rings. The quantitative estimate of drug-likeness (QED) is 0.750. The SMILES string of the molecule is CCC(N)C(c1cccc(Br)c1)N(C)C(C)CCSC. The first-order valence-corrected chi connectivity index (χ1v) is 9.41.